The van der Waals surface area contributed by atoms with Gasteiger partial charge >= 0.3 is 6.09 Å². The first-order chi connectivity index (χ1) is 10.9. The zero-order chi connectivity index (χ0) is 16.4. The highest BCUT2D eigenvalue weighted by Gasteiger charge is 2.38. The zero-order valence-electron chi connectivity index (χ0n) is 14.9. The minimum absolute atomic E-state index is 0.163. The first-order valence-electron chi connectivity index (χ1n) is 9.09. The summed E-state index contributed by atoms with van der Waals surface area (Å²) in [5.74, 6) is 0. The van der Waals surface area contributed by atoms with E-state index in [1.165, 1.54) is 39.0 Å². The van der Waals surface area contributed by atoms with Gasteiger partial charge in [-0.2, -0.15) is 0 Å². The Morgan fingerprint density at radius 1 is 0.957 bits per heavy atom. The van der Waals surface area contributed by atoms with Crippen LogP contribution >= 0.6 is 0 Å². The number of hydrogen-bond donors (Lipinski definition) is 1. The van der Waals surface area contributed by atoms with E-state index in [9.17, 15) is 4.79 Å². The topological polar surface area (TPSA) is 48.1 Å². The molecule has 0 spiro atoms. The molecule has 132 valence electrons. The van der Waals surface area contributed by atoms with Crippen molar-refractivity contribution in [3.8, 4) is 0 Å². The van der Waals surface area contributed by atoms with Crippen LogP contribution < -0.4 is 5.32 Å². The summed E-state index contributed by atoms with van der Waals surface area (Å²) in [6.07, 6.45) is 2.37. The average molecular weight is 324 g/mol. The molecule has 3 aliphatic heterocycles. The van der Waals surface area contributed by atoms with E-state index in [0.29, 0.717) is 6.04 Å². The Hall–Kier alpha value is -0.850. The van der Waals surface area contributed by atoms with Crippen molar-refractivity contribution in [2.24, 2.45) is 0 Å². The van der Waals surface area contributed by atoms with Gasteiger partial charge < -0.3 is 15.0 Å². The van der Waals surface area contributed by atoms with E-state index in [-0.39, 0.29) is 6.09 Å². The maximum absolute atomic E-state index is 12.0. The minimum atomic E-state index is -0.399. The number of rotatable bonds is 2. The highest BCUT2D eigenvalue weighted by atomic mass is 16.6. The third-order valence-electron chi connectivity index (χ3n) is 5.20. The van der Waals surface area contributed by atoms with Gasteiger partial charge in [0.2, 0.25) is 0 Å². The number of amides is 1. The summed E-state index contributed by atoms with van der Waals surface area (Å²) in [6, 6.07) is 1.29. The van der Waals surface area contributed by atoms with Crippen LogP contribution in [0.5, 0.6) is 0 Å². The van der Waals surface area contributed by atoms with Gasteiger partial charge in [0.25, 0.3) is 0 Å². The molecule has 23 heavy (non-hydrogen) atoms. The molecular weight excluding hydrogens is 292 g/mol. The molecule has 0 unspecified atom stereocenters. The summed E-state index contributed by atoms with van der Waals surface area (Å²) < 4.78 is 5.43. The fraction of sp³-hybridized carbons (Fsp3) is 0.941. The van der Waals surface area contributed by atoms with Gasteiger partial charge in [-0.25, -0.2) is 4.79 Å². The first kappa shape index (κ1) is 17.0. The Bertz CT molecular complexity index is 403. The summed E-state index contributed by atoms with van der Waals surface area (Å²) >= 11 is 0. The standard InChI is InChI=1S/C17H32N4O2/c1-17(2,3)23-16(22)21-12-15(13-21)19-8-4-14(5-9-19)20-10-6-18-7-11-20/h14-15,18H,4-13H2,1-3H3. The molecule has 0 aromatic rings. The van der Waals surface area contributed by atoms with Crippen molar-refractivity contribution in [3.05, 3.63) is 0 Å². The highest BCUT2D eigenvalue weighted by molar-refractivity contribution is 5.69. The number of piperazine rings is 1. The Balaban J connectivity index is 1.38. The second kappa shape index (κ2) is 6.95. The molecule has 3 aliphatic rings. The number of likely N-dealkylation sites (tertiary alicyclic amines) is 2. The van der Waals surface area contributed by atoms with Crippen molar-refractivity contribution in [3.63, 3.8) is 0 Å². The van der Waals surface area contributed by atoms with Crippen LogP contribution in [-0.4, -0.2) is 90.8 Å². The predicted octanol–water partition coefficient (Wildman–Crippen LogP) is 0.975. The van der Waals surface area contributed by atoms with Crippen LogP contribution in [-0.2, 0) is 4.74 Å². The molecule has 0 saturated carbocycles. The minimum Gasteiger partial charge on any atom is -0.444 e. The molecule has 1 N–H and O–H groups in total. The maximum atomic E-state index is 12.0. The van der Waals surface area contributed by atoms with E-state index in [1.54, 1.807) is 0 Å². The molecular formula is C17H32N4O2. The lowest BCUT2D eigenvalue weighted by Gasteiger charge is -2.48. The number of carbonyl (C=O) groups excluding carboxylic acids is 1. The monoisotopic (exact) mass is 324 g/mol. The maximum Gasteiger partial charge on any atom is 0.410 e. The van der Waals surface area contributed by atoms with Crippen LogP contribution in [0.25, 0.3) is 0 Å². The smallest absolute Gasteiger partial charge is 0.410 e. The van der Waals surface area contributed by atoms with Crippen molar-refractivity contribution in [2.75, 3.05) is 52.4 Å². The lowest BCUT2D eigenvalue weighted by Crippen LogP contribution is -2.63. The molecule has 0 aromatic heterocycles. The van der Waals surface area contributed by atoms with Crippen LogP contribution in [0.4, 0.5) is 4.79 Å². The normalized spacial score (nSPS) is 26.1. The second-order valence-corrected chi connectivity index (χ2v) is 8.09. The van der Waals surface area contributed by atoms with Crippen LogP contribution in [0.15, 0.2) is 0 Å². The van der Waals surface area contributed by atoms with Crippen molar-refractivity contribution in [1.82, 2.24) is 20.0 Å². The SMILES string of the molecule is CC(C)(C)OC(=O)N1CC(N2CCC(N3CCNCC3)CC2)C1. The Kier molecular flexibility index (Phi) is 5.13. The first-order valence-corrected chi connectivity index (χ1v) is 9.09. The quantitative estimate of drug-likeness (QED) is 0.820. The molecule has 0 atom stereocenters. The Morgan fingerprint density at radius 3 is 2.09 bits per heavy atom. The molecule has 6 nitrogen and oxygen atoms in total. The van der Waals surface area contributed by atoms with E-state index in [2.05, 4.69) is 15.1 Å². The zero-order valence-corrected chi connectivity index (χ0v) is 14.9. The fourth-order valence-corrected chi connectivity index (χ4v) is 3.83. The molecule has 6 heteroatoms. The Morgan fingerprint density at radius 2 is 1.52 bits per heavy atom. The largest absolute Gasteiger partial charge is 0.444 e. The molecule has 3 fully saturated rings. The van der Waals surface area contributed by atoms with Crippen LogP contribution in [0, 0.1) is 0 Å². The van der Waals surface area contributed by atoms with Crippen molar-refractivity contribution < 1.29 is 9.53 Å². The second-order valence-electron chi connectivity index (χ2n) is 8.09. The number of nitrogens with one attached hydrogen (secondary N) is 1. The highest BCUT2D eigenvalue weighted by Crippen LogP contribution is 2.24. The predicted molar refractivity (Wildman–Crippen MR) is 90.6 cm³/mol. The molecule has 3 heterocycles. The third-order valence-corrected chi connectivity index (χ3v) is 5.20. The molecule has 0 aliphatic carbocycles. The van der Waals surface area contributed by atoms with E-state index < -0.39 is 5.60 Å². The van der Waals surface area contributed by atoms with Gasteiger partial charge in [0.15, 0.2) is 0 Å². The molecule has 0 bridgehead atoms. The van der Waals surface area contributed by atoms with Gasteiger partial charge in [-0.05, 0) is 33.6 Å². The van der Waals surface area contributed by atoms with Crippen molar-refractivity contribution in [2.45, 2.75) is 51.3 Å². The molecule has 0 aromatic carbocycles. The number of ether oxygens (including phenoxy) is 1. The molecule has 3 rings (SSSR count). The summed E-state index contributed by atoms with van der Waals surface area (Å²) in [5.41, 5.74) is -0.399. The Labute approximate surface area is 140 Å². The number of hydrogen-bond acceptors (Lipinski definition) is 5. The summed E-state index contributed by atoms with van der Waals surface area (Å²) in [6.45, 7) is 14.4. The lowest BCUT2D eigenvalue weighted by molar-refractivity contribution is -0.0249. The summed E-state index contributed by atoms with van der Waals surface area (Å²) in [5, 5.41) is 3.43. The lowest BCUT2D eigenvalue weighted by atomic mass is 9.98. The van der Waals surface area contributed by atoms with Crippen molar-refractivity contribution >= 4 is 6.09 Å². The molecule has 3 saturated heterocycles. The fourth-order valence-electron chi connectivity index (χ4n) is 3.83. The van der Waals surface area contributed by atoms with Gasteiger partial charge in [-0.1, -0.05) is 0 Å². The van der Waals surface area contributed by atoms with E-state index in [4.69, 9.17) is 4.74 Å². The van der Waals surface area contributed by atoms with E-state index >= 15 is 0 Å². The van der Waals surface area contributed by atoms with Gasteiger partial charge in [-0.3, -0.25) is 9.80 Å². The van der Waals surface area contributed by atoms with Gasteiger partial charge in [0.1, 0.15) is 5.60 Å². The molecule has 1 amide bonds. The average Bonchev–Trinajstić information content (AvgIpc) is 2.45. The van der Waals surface area contributed by atoms with Gasteiger partial charge in [-0.15, -0.1) is 0 Å². The van der Waals surface area contributed by atoms with Crippen LogP contribution in [0.1, 0.15) is 33.6 Å². The van der Waals surface area contributed by atoms with E-state index in [0.717, 1.165) is 32.2 Å². The third kappa shape index (κ3) is 4.37. The van der Waals surface area contributed by atoms with Crippen LogP contribution in [0.2, 0.25) is 0 Å². The molecule has 0 radical (unpaired) electrons. The van der Waals surface area contributed by atoms with Gasteiger partial charge in [0, 0.05) is 64.4 Å². The summed E-state index contributed by atoms with van der Waals surface area (Å²) in [4.78, 5) is 19.1. The van der Waals surface area contributed by atoms with E-state index in [1.807, 2.05) is 25.7 Å². The number of carbonyl (C=O) groups is 1. The van der Waals surface area contributed by atoms with Gasteiger partial charge in [0.05, 0.1) is 0 Å². The number of nitrogens with zero attached hydrogens (tertiary/aromatic N) is 3. The number of piperidine rings is 1. The summed E-state index contributed by atoms with van der Waals surface area (Å²) in [7, 11) is 0. The van der Waals surface area contributed by atoms with Crippen LogP contribution in [0.3, 0.4) is 0 Å². The van der Waals surface area contributed by atoms with Crippen molar-refractivity contribution in [1.29, 1.82) is 0 Å².